The molecule has 0 amide bonds. The maximum atomic E-state index is 6.49. The minimum Gasteiger partial charge on any atom is -0.356 e. The van der Waals surface area contributed by atoms with Gasteiger partial charge in [0.2, 0.25) is 0 Å². The van der Waals surface area contributed by atoms with Gasteiger partial charge >= 0.3 is 0 Å². The second-order valence-electron chi connectivity index (χ2n) is 6.04. The highest BCUT2D eigenvalue weighted by atomic mass is 16.5. The number of para-hydroxylation sites is 1. The van der Waals surface area contributed by atoms with E-state index in [1.807, 2.05) is 61.5 Å². The molecule has 4 aromatic rings. The Kier molecular flexibility index (Phi) is 3.99. The standard InChI is InChI=1S/C20H18N4O/c1-13-9-10-16(19-15-7-2-3-8-18(15)25-24-19)20(23-13)17(21)12-14-6-4-5-11-22-14/h2-11,17H,12,21H2,1H3. The van der Waals surface area contributed by atoms with Crippen molar-refractivity contribution in [3.05, 3.63) is 77.9 Å². The summed E-state index contributed by atoms with van der Waals surface area (Å²) in [5, 5.41) is 5.22. The third-order valence-electron chi connectivity index (χ3n) is 4.20. The molecule has 3 aromatic heterocycles. The zero-order chi connectivity index (χ0) is 17.2. The van der Waals surface area contributed by atoms with Crippen LogP contribution in [0.25, 0.3) is 22.2 Å². The molecule has 25 heavy (non-hydrogen) atoms. The molecule has 3 heterocycles. The number of benzene rings is 1. The van der Waals surface area contributed by atoms with Crippen LogP contribution >= 0.6 is 0 Å². The number of pyridine rings is 2. The summed E-state index contributed by atoms with van der Waals surface area (Å²) >= 11 is 0. The number of hydrogen-bond acceptors (Lipinski definition) is 5. The SMILES string of the molecule is Cc1ccc(-c2noc3ccccc23)c(C(N)Cc2ccccn2)n1. The summed E-state index contributed by atoms with van der Waals surface area (Å²) in [5.74, 6) is 0. The van der Waals surface area contributed by atoms with Crippen LogP contribution in [0.5, 0.6) is 0 Å². The first-order valence-electron chi connectivity index (χ1n) is 8.20. The van der Waals surface area contributed by atoms with Gasteiger partial charge in [0.1, 0.15) is 5.69 Å². The Bertz CT molecular complexity index is 1010. The third-order valence-corrected chi connectivity index (χ3v) is 4.20. The first-order chi connectivity index (χ1) is 12.2. The van der Waals surface area contributed by atoms with E-state index in [2.05, 4.69) is 10.1 Å². The zero-order valence-electron chi connectivity index (χ0n) is 13.9. The van der Waals surface area contributed by atoms with Gasteiger partial charge in [0.25, 0.3) is 0 Å². The molecule has 0 fully saturated rings. The number of nitrogens with two attached hydrogens (primary N) is 1. The average molecular weight is 330 g/mol. The topological polar surface area (TPSA) is 77.8 Å². The van der Waals surface area contributed by atoms with E-state index in [-0.39, 0.29) is 6.04 Å². The highest BCUT2D eigenvalue weighted by Crippen LogP contribution is 2.32. The number of hydrogen-bond donors (Lipinski definition) is 1. The lowest BCUT2D eigenvalue weighted by molar-refractivity contribution is 0.459. The number of aromatic nitrogens is 3. The van der Waals surface area contributed by atoms with Crippen LogP contribution in [0.1, 0.15) is 23.1 Å². The lowest BCUT2D eigenvalue weighted by Gasteiger charge is -2.15. The number of nitrogens with zero attached hydrogens (tertiary/aromatic N) is 3. The van der Waals surface area contributed by atoms with Gasteiger partial charge in [-0.1, -0.05) is 23.4 Å². The van der Waals surface area contributed by atoms with E-state index in [0.29, 0.717) is 6.42 Å². The van der Waals surface area contributed by atoms with E-state index in [1.54, 1.807) is 6.20 Å². The van der Waals surface area contributed by atoms with Crippen LogP contribution in [0.15, 0.2) is 65.3 Å². The van der Waals surface area contributed by atoms with Gasteiger partial charge in [-0.2, -0.15) is 0 Å². The van der Waals surface area contributed by atoms with Crippen molar-refractivity contribution >= 4 is 11.0 Å². The Morgan fingerprint density at radius 1 is 1.04 bits per heavy atom. The van der Waals surface area contributed by atoms with Gasteiger partial charge in [-0.25, -0.2) is 0 Å². The molecule has 5 nitrogen and oxygen atoms in total. The molecule has 0 radical (unpaired) electrons. The summed E-state index contributed by atoms with van der Waals surface area (Å²) in [4.78, 5) is 9.06. The smallest absolute Gasteiger partial charge is 0.167 e. The van der Waals surface area contributed by atoms with Crippen molar-refractivity contribution in [2.24, 2.45) is 5.73 Å². The summed E-state index contributed by atoms with van der Waals surface area (Å²) in [6.07, 6.45) is 2.39. The molecular formula is C20H18N4O. The zero-order valence-corrected chi connectivity index (χ0v) is 13.9. The first kappa shape index (κ1) is 15.5. The monoisotopic (exact) mass is 330 g/mol. The van der Waals surface area contributed by atoms with Crippen molar-refractivity contribution in [3.8, 4) is 11.3 Å². The largest absolute Gasteiger partial charge is 0.356 e. The predicted octanol–water partition coefficient (Wildman–Crippen LogP) is 3.84. The van der Waals surface area contributed by atoms with Crippen LogP contribution in [-0.4, -0.2) is 15.1 Å². The van der Waals surface area contributed by atoms with Crippen molar-refractivity contribution < 1.29 is 4.52 Å². The molecule has 0 aliphatic carbocycles. The Labute approximate surface area is 145 Å². The summed E-state index contributed by atoms with van der Waals surface area (Å²) in [6.45, 7) is 1.96. The third kappa shape index (κ3) is 3.02. The summed E-state index contributed by atoms with van der Waals surface area (Å²) in [7, 11) is 0. The molecule has 0 spiro atoms. The Morgan fingerprint density at radius 2 is 1.88 bits per heavy atom. The van der Waals surface area contributed by atoms with Crippen LogP contribution in [0.4, 0.5) is 0 Å². The maximum absolute atomic E-state index is 6.49. The molecule has 0 bridgehead atoms. The van der Waals surface area contributed by atoms with Crippen molar-refractivity contribution in [1.29, 1.82) is 0 Å². The molecule has 0 saturated heterocycles. The number of rotatable bonds is 4. The van der Waals surface area contributed by atoms with E-state index < -0.39 is 0 Å². The Hall–Kier alpha value is -3.05. The van der Waals surface area contributed by atoms with Crippen LogP contribution in [0, 0.1) is 6.92 Å². The molecule has 4 rings (SSSR count). The maximum Gasteiger partial charge on any atom is 0.167 e. The van der Waals surface area contributed by atoms with Crippen molar-refractivity contribution in [2.45, 2.75) is 19.4 Å². The van der Waals surface area contributed by atoms with E-state index >= 15 is 0 Å². The Morgan fingerprint density at radius 3 is 2.72 bits per heavy atom. The summed E-state index contributed by atoms with van der Waals surface area (Å²) < 4.78 is 5.46. The van der Waals surface area contributed by atoms with Gasteiger partial charge in [-0.3, -0.25) is 9.97 Å². The Balaban J connectivity index is 1.79. The molecule has 0 saturated carbocycles. The molecule has 124 valence electrons. The normalized spacial score (nSPS) is 12.4. The minimum atomic E-state index is -0.278. The highest BCUT2D eigenvalue weighted by molar-refractivity contribution is 5.92. The van der Waals surface area contributed by atoms with Gasteiger partial charge < -0.3 is 10.3 Å². The fourth-order valence-electron chi connectivity index (χ4n) is 2.98. The molecule has 0 aliphatic heterocycles. The van der Waals surface area contributed by atoms with E-state index in [4.69, 9.17) is 15.2 Å². The molecule has 5 heteroatoms. The van der Waals surface area contributed by atoms with Crippen LogP contribution in [-0.2, 0) is 6.42 Å². The van der Waals surface area contributed by atoms with E-state index in [0.717, 1.165) is 39.3 Å². The van der Waals surface area contributed by atoms with Gasteiger partial charge in [-0.15, -0.1) is 0 Å². The lowest BCUT2D eigenvalue weighted by Crippen LogP contribution is -2.17. The second kappa shape index (κ2) is 6.45. The van der Waals surface area contributed by atoms with Crippen molar-refractivity contribution in [1.82, 2.24) is 15.1 Å². The van der Waals surface area contributed by atoms with E-state index in [9.17, 15) is 0 Å². The highest BCUT2D eigenvalue weighted by Gasteiger charge is 2.20. The van der Waals surface area contributed by atoms with Crippen LogP contribution < -0.4 is 5.73 Å². The fourth-order valence-corrected chi connectivity index (χ4v) is 2.98. The molecule has 2 N–H and O–H groups in total. The average Bonchev–Trinajstić information content (AvgIpc) is 3.06. The van der Waals surface area contributed by atoms with Gasteiger partial charge in [-0.05, 0) is 43.3 Å². The second-order valence-corrected chi connectivity index (χ2v) is 6.04. The number of fused-ring (bicyclic) bond motifs is 1. The van der Waals surface area contributed by atoms with Gasteiger partial charge in [0.15, 0.2) is 5.58 Å². The van der Waals surface area contributed by atoms with Crippen molar-refractivity contribution in [3.63, 3.8) is 0 Å². The van der Waals surface area contributed by atoms with Gasteiger partial charge in [0, 0.05) is 35.0 Å². The quantitative estimate of drug-likeness (QED) is 0.615. The fraction of sp³-hybridized carbons (Fsp3) is 0.150. The lowest BCUT2D eigenvalue weighted by atomic mass is 9.98. The summed E-state index contributed by atoms with van der Waals surface area (Å²) in [6, 6.07) is 17.3. The van der Waals surface area contributed by atoms with Crippen LogP contribution in [0.3, 0.4) is 0 Å². The number of aryl methyl sites for hydroxylation is 1. The summed E-state index contributed by atoms with van der Waals surface area (Å²) in [5.41, 5.74) is 11.6. The van der Waals surface area contributed by atoms with Crippen molar-refractivity contribution in [2.75, 3.05) is 0 Å². The molecule has 1 aromatic carbocycles. The molecule has 0 aliphatic rings. The predicted molar refractivity (Wildman–Crippen MR) is 96.8 cm³/mol. The first-order valence-corrected chi connectivity index (χ1v) is 8.20. The van der Waals surface area contributed by atoms with E-state index in [1.165, 1.54) is 0 Å². The van der Waals surface area contributed by atoms with Gasteiger partial charge in [0.05, 0.1) is 11.7 Å². The molecule has 1 unspecified atom stereocenters. The van der Waals surface area contributed by atoms with Crippen LogP contribution in [0.2, 0.25) is 0 Å². The molecular weight excluding hydrogens is 312 g/mol. The minimum absolute atomic E-state index is 0.278. The molecule has 1 atom stereocenters.